The van der Waals surface area contributed by atoms with E-state index >= 15 is 0 Å². The number of piperidine rings is 1. The zero-order chi connectivity index (χ0) is 14.2. The average Bonchev–Trinajstić information content (AvgIpc) is 3.25. The van der Waals surface area contributed by atoms with Crippen LogP contribution in [0.1, 0.15) is 25.7 Å². The van der Waals surface area contributed by atoms with Crippen molar-refractivity contribution >= 4 is 15.8 Å². The van der Waals surface area contributed by atoms with Gasteiger partial charge >= 0.3 is 0 Å². The number of hydrogen-bond donors (Lipinski definition) is 0. The third kappa shape index (κ3) is 2.93. The number of anilines is 1. The molecule has 110 valence electrons. The fraction of sp³-hybridized carbons (Fsp3) is 0.692. The Labute approximate surface area is 119 Å². The molecule has 1 saturated carbocycles. The molecule has 0 unspecified atom stereocenters. The van der Waals surface area contributed by atoms with Gasteiger partial charge in [-0.1, -0.05) is 0 Å². The maximum absolute atomic E-state index is 11.6. The highest BCUT2D eigenvalue weighted by atomic mass is 32.2. The fourth-order valence-electron chi connectivity index (χ4n) is 2.91. The zero-order valence-electron chi connectivity index (χ0n) is 11.6. The van der Waals surface area contributed by atoms with Crippen molar-refractivity contribution in [3.05, 3.63) is 18.6 Å². The minimum Gasteiger partial charge on any atom is -0.350 e. The summed E-state index contributed by atoms with van der Waals surface area (Å²) in [5.74, 6) is 0.973. The van der Waals surface area contributed by atoms with Crippen molar-refractivity contribution in [2.75, 3.05) is 24.2 Å². The molecule has 0 amide bonds. The van der Waals surface area contributed by atoms with Crippen molar-refractivity contribution < 1.29 is 8.42 Å². The second-order valence-electron chi connectivity index (χ2n) is 5.60. The first kappa shape index (κ1) is 13.8. The first-order chi connectivity index (χ1) is 9.55. The summed E-state index contributed by atoms with van der Waals surface area (Å²) >= 11 is 0. The van der Waals surface area contributed by atoms with Crippen molar-refractivity contribution in [1.29, 1.82) is 0 Å². The Bertz CT molecular complexity index is 551. The number of sulfonamides is 1. The van der Waals surface area contributed by atoms with E-state index in [1.807, 2.05) is 6.07 Å². The molecule has 2 fully saturated rings. The Morgan fingerprint density at radius 3 is 2.35 bits per heavy atom. The van der Waals surface area contributed by atoms with Crippen molar-refractivity contribution in [3.8, 4) is 0 Å². The lowest BCUT2D eigenvalue weighted by molar-refractivity contribution is 0.310. The first-order valence-electron chi connectivity index (χ1n) is 7.05. The summed E-state index contributed by atoms with van der Waals surface area (Å²) in [6.45, 7) is 1.22. The van der Waals surface area contributed by atoms with Crippen molar-refractivity contribution in [2.45, 2.75) is 37.8 Å². The van der Waals surface area contributed by atoms with E-state index in [9.17, 15) is 8.42 Å². The molecule has 0 atom stereocenters. The van der Waals surface area contributed by atoms with E-state index < -0.39 is 10.0 Å². The topological polar surface area (TPSA) is 66.4 Å². The summed E-state index contributed by atoms with van der Waals surface area (Å²) < 4.78 is 24.7. The third-order valence-electron chi connectivity index (χ3n) is 4.06. The van der Waals surface area contributed by atoms with Crippen LogP contribution in [0.2, 0.25) is 0 Å². The van der Waals surface area contributed by atoms with Gasteiger partial charge in [-0.05, 0) is 31.7 Å². The standard InChI is InChI=1S/C13H20N4O2S/c1-20(18,19)16-8-5-12(6-9-16)17(11-2-3-11)13-4-7-14-10-15-13/h4,7,10-12H,2-3,5-6,8-9H2,1H3. The molecule has 20 heavy (non-hydrogen) atoms. The van der Waals surface area contributed by atoms with E-state index in [0.29, 0.717) is 25.2 Å². The Kier molecular flexibility index (Phi) is 3.64. The van der Waals surface area contributed by atoms with Crippen LogP contribution in [0.5, 0.6) is 0 Å². The molecule has 0 N–H and O–H groups in total. The molecule has 1 saturated heterocycles. The second kappa shape index (κ2) is 5.29. The van der Waals surface area contributed by atoms with Crippen LogP contribution in [0.25, 0.3) is 0 Å². The smallest absolute Gasteiger partial charge is 0.211 e. The SMILES string of the molecule is CS(=O)(=O)N1CCC(N(c2ccncn2)C2CC2)CC1. The molecule has 7 heteroatoms. The monoisotopic (exact) mass is 296 g/mol. The molecule has 0 bridgehead atoms. The van der Waals surface area contributed by atoms with E-state index in [0.717, 1.165) is 18.7 Å². The Balaban J connectivity index is 1.72. The number of nitrogens with zero attached hydrogens (tertiary/aromatic N) is 4. The van der Waals surface area contributed by atoms with E-state index in [2.05, 4.69) is 14.9 Å². The maximum Gasteiger partial charge on any atom is 0.211 e. The predicted octanol–water partition coefficient (Wildman–Crippen LogP) is 0.869. The number of hydrogen-bond acceptors (Lipinski definition) is 5. The van der Waals surface area contributed by atoms with Gasteiger partial charge in [0, 0.05) is 31.4 Å². The minimum atomic E-state index is -3.06. The number of rotatable bonds is 4. The Hall–Kier alpha value is -1.21. The van der Waals surface area contributed by atoms with Crippen LogP contribution in [0.3, 0.4) is 0 Å². The maximum atomic E-state index is 11.6. The van der Waals surface area contributed by atoms with Crippen LogP contribution >= 0.6 is 0 Å². The lowest BCUT2D eigenvalue weighted by Crippen LogP contribution is -2.47. The molecule has 1 aromatic heterocycles. The van der Waals surface area contributed by atoms with Crippen molar-refractivity contribution in [2.24, 2.45) is 0 Å². The highest BCUT2D eigenvalue weighted by Crippen LogP contribution is 2.35. The van der Waals surface area contributed by atoms with Crippen LogP contribution in [-0.2, 0) is 10.0 Å². The van der Waals surface area contributed by atoms with Gasteiger partial charge in [-0.15, -0.1) is 0 Å². The number of aromatic nitrogens is 2. The lowest BCUT2D eigenvalue weighted by atomic mass is 10.0. The van der Waals surface area contributed by atoms with Gasteiger partial charge in [-0.2, -0.15) is 0 Å². The van der Waals surface area contributed by atoms with Gasteiger partial charge in [0.2, 0.25) is 10.0 Å². The molecule has 1 aromatic rings. The molecule has 0 spiro atoms. The summed E-state index contributed by atoms with van der Waals surface area (Å²) in [6, 6.07) is 2.90. The van der Waals surface area contributed by atoms with Gasteiger partial charge in [0.05, 0.1) is 6.26 Å². The predicted molar refractivity (Wildman–Crippen MR) is 77.0 cm³/mol. The van der Waals surface area contributed by atoms with Crippen molar-refractivity contribution in [1.82, 2.24) is 14.3 Å². The fourth-order valence-corrected chi connectivity index (χ4v) is 3.79. The molecule has 2 aliphatic rings. The van der Waals surface area contributed by atoms with Crippen LogP contribution in [0.4, 0.5) is 5.82 Å². The summed E-state index contributed by atoms with van der Waals surface area (Å²) in [5.41, 5.74) is 0. The molecule has 6 nitrogen and oxygen atoms in total. The van der Waals surface area contributed by atoms with Gasteiger partial charge in [-0.3, -0.25) is 0 Å². The van der Waals surface area contributed by atoms with Crippen LogP contribution < -0.4 is 4.90 Å². The van der Waals surface area contributed by atoms with E-state index in [1.54, 1.807) is 16.8 Å². The minimum absolute atomic E-state index is 0.385. The van der Waals surface area contributed by atoms with Crippen LogP contribution in [0.15, 0.2) is 18.6 Å². The quantitative estimate of drug-likeness (QED) is 0.825. The highest BCUT2D eigenvalue weighted by Gasteiger charge is 2.37. The second-order valence-corrected chi connectivity index (χ2v) is 7.58. The molecule has 0 aromatic carbocycles. The van der Waals surface area contributed by atoms with Crippen LogP contribution in [0, 0.1) is 0 Å². The summed E-state index contributed by atoms with van der Waals surface area (Å²) in [4.78, 5) is 10.7. The van der Waals surface area contributed by atoms with Gasteiger partial charge in [-0.25, -0.2) is 22.7 Å². The van der Waals surface area contributed by atoms with Crippen molar-refractivity contribution in [3.63, 3.8) is 0 Å². The molecule has 1 aliphatic carbocycles. The Morgan fingerprint density at radius 1 is 1.20 bits per heavy atom. The van der Waals surface area contributed by atoms with Gasteiger partial charge in [0.15, 0.2) is 0 Å². The molecule has 0 radical (unpaired) electrons. The van der Waals surface area contributed by atoms with Gasteiger partial charge < -0.3 is 4.90 Å². The largest absolute Gasteiger partial charge is 0.350 e. The molecular weight excluding hydrogens is 276 g/mol. The Morgan fingerprint density at radius 2 is 1.85 bits per heavy atom. The molecule has 1 aliphatic heterocycles. The van der Waals surface area contributed by atoms with E-state index in [4.69, 9.17) is 0 Å². The van der Waals surface area contributed by atoms with E-state index in [1.165, 1.54) is 19.1 Å². The zero-order valence-corrected chi connectivity index (χ0v) is 12.5. The van der Waals surface area contributed by atoms with Gasteiger partial charge in [0.25, 0.3) is 0 Å². The normalized spacial score (nSPS) is 21.9. The molecule has 3 rings (SSSR count). The molecule has 2 heterocycles. The summed E-state index contributed by atoms with van der Waals surface area (Å²) in [5, 5.41) is 0. The van der Waals surface area contributed by atoms with Crippen LogP contribution in [-0.4, -0.2) is 54.1 Å². The third-order valence-corrected chi connectivity index (χ3v) is 5.36. The average molecular weight is 296 g/mol. The highest BCUT2D eigenvalue weighted by molar-refractivity contribution is 7.88. The molecular formula is C13H20N4O2S. The summed E-state index contributed by atoms with van der Waals surface area (Å²) in [6.07, 6.45) is 8.78. The summed E-state index contributed by atoms with van der Waals surface area (Å²) in [7, 11) is -3.06. The lowest BCUT2D eigenvalue weighted by Gasteiger charge is -2.38. The van der Waals surface area contributed by atoms with Gasteiger partial charge in [0.1, 0.15) is 12.1 Å². The van der Waals surface area contributed by atoms with E-state index in [-0.39, 0.29) is 0 Å². The first-order valence-corrected chi connectivity index (χ1v) is 8.90.